The molecule has 0 unspecified atom stereocenters. The number of phenolic OH excluding ortho intramolecular Hbond substituents is 1. The molecule has 3 rings (SSSR count). The van der Waals surface area contributed by atoms with E-state index in [2.05, 4.69) is 31.4 Å². The van der Waals surface area contributed by atoms with Crippen molar-refractivity contribution in [2.75, 3.05) is 12.5 Å². The van der Waals surface area contributed by atoms with E-state index in [0.29, 0.717) is 11.3 Å². The smallest absolute Gasteiger partial charge is 0.166 e. The lowest BCUT2D eigenvalue weighted by Gasteiger charge is -2.07. The molecule has 2 aromatic carbocycles. The van der Waals surface area contributed by atoms with Crippen molar-refractivity contribution in [3.05, 3.63) is 65.2 Å². The van der Waals surface area contributed by atoms with Crippen molar-refractivity contribution in [3.63, 3.8) is 0 Å². The van der Waals surface area contributed by atoms with E-state index in [4.69, 9.17) is 4.74 Å². The highest BCUT2D eigenvalue weighted by atomic mass is 79.9. The zero-order valence-electron chi connectivity index (χ0n) is 12.8. The number of hydrogen-bond acceptors (Lipinski definition) is 5. The summed E-state index contributed by atoms with van der Waals surface area (Å²) in [6, 6.07) is 11.2. The van der Waals surface area contributed by atoms with E-state index in [1.54, 1.807) is 24.7 Å². The molecule has 6 nitrogen and oxygen atoms in total. The number of hydrogen-bond donors (Lipinski definition) is 2. The van der Waals surface area contributed by atoms with E-state index in [1.165, 1.54) is 13.3 Å². The Kier molecular flexibility index (Phi) is 4.81. The molecular weight excluding hydrogens is 372 g/mol. The molecule has 1 heterocycles. The van der Waals surface area contributed by atoms with Crippen molar-refractivity contribution >= 4 is 27.8 Å². The number of hydrazone groups is 1. The van der Waals surface area contributed by atoms with Crippen molar-refractivity contribution in [3.8, 4) is 17.2 Å². The zero-order chi connectivity index (χ0) is 16.9. The molecule has 3 aromatic rings. The first-order valence-corrected chi connectivity index (χ1v) is 7.90. The van der Waals surface area contributed by atoms with Crippen molar-refractivity contribution in [2.24, 2.45) is 5.10 Å². The summed E-state index contributed by atoms with van der Waals surface area (Å²) in [7, 11) is 1.50. The molecule has 2 N–H and O–H groups in total. The van der Waals surface area contributed by atoms with Crippen LogP contribution in [0.1, 0.15) is 5.56 Å². The maximum absolute atomic E-state index is 10.1. The molecule has 0 bridgehead atoms. The molecule has 0 fully saturated rings. The normalized spacial score (nSPS) is 10.9. The molecule has 0 aliphatic carbocycles. The first kappa shape index (κ1) is 16.1. The molecule has 1 aromatic heterocycles. The van der Waals surface area contributed by atoms with Gasteiger partial charge in [0.15, 0.2) is 11.5 Å². The van der Waals surface area contributed by atoms with Gasteiger partial charge in [-0.05, 0) is 36.4 Å². The van der Waals surface area contributed by atoms with E-state index in [0.717, 1.165) is 15.8 Å². The summed E-state index contributed by atoms with van der Waals surface area (Å²) in [6.45, 7) is 0. The minimum atomic E-state index is 0.0432. The topological polar surface area (TPSA) is 71.7 Å². The number of aromatic nitrogens is 2. The van der Waals surface area contributed by atoms with Crippen LogP contribution in [-0.4, -0.2) is 28.0 Å². The second-order valence-corrected chi connectivity index (χ2v) is 5.85. The van der Waals surface area contributed by atoms with Crippen LogP contribution in [0.2, 0.25) is 0 Å². The van der Waals surface area contributed by atoms with E-state index in [-0.39, 0.29) is 5.75 Å². The number of anilines is 1. The minimum absolute atomic E-state index is 0.0432. The van der Waals surface area contributed by atoms with Gasteiger partial charge in [0.2, 0.25) is 0 Å². The molecule has 0 spiro atoms. The van der Waals surface area contributed by atoms with Crippen LogP contribution < -0.4 is 10.2 Å². The molecular formula is C17H15BrN4O2. The highest BCUT2D eigenvalue weighted by molar-refractivity contribution is 9.10. The van der Waals surface area contributed by atoms with Crippen molar-refractivity contribution < 1.29 is 9.84 Å². The second kappa shape index (κ2) is 7.18. The Morgan fingerprint density at radius 3 is 2.75 bits per heavy atom. The van der Waals surface area contributed by atoms with Crippen LogP contribution in [0.4, 0.5) is 5.69 Å². The number of nitrogens with zero attached hydrogens (tertiary/aromatic N) is 3. The molecule has 0 atom stereocenters. The molecule has 122 valence electrons. The number of phenols is 1. The number of benzene rings is 2. The Morgan fingerprint density at radius 1 is 1.29 bits per heavy atom. The summed E-state index contributed by atoms with van der Waals surface area (Å²) in [5, 5.41) is 14.2. The lowest BCUT2D eigenvalue weighted by Crippen LogP contribution is -1.94. The highest BCUT2D eigenvalue weighted by Crippen LogP contribution is 2.32. The largest absolute Gasteiger partial charge is 0.504 e. The van der Waals surface area contributed by atoms with Crippen LogP contribution >= 0.6 is 15.9 Å². The van der Waals surface area contributed by atoms with Crippen LogP contribution in [-0.2, 0) is 0 Å². The summed E-state index contributed by atoms with van der Waals surface area (Å²) in [5.74, 6) is 0.428. The number of nitrogens with one attached hydrogen (secondary N) is 1. The Hall–Kier alpha value is -2.80. The number of methoxy groups -OCH3 is 1. The van der Waals surface area contributed by atoms with E-state index in [1.807, 2.05) is 35.0 Å². The lowest BCUT2D eigenvalue weighted by molar-refractivity contribution is 0.373. The fourth-order valence-corrected chi connectivity index (χ4v) is 2.60. The van der Waals surface area contributed by atoms with Crippen LogP contribution in [0.15, 0.2) is 64.7 Å². The molecule has 24 heavy (non-hydrogen) atoms. The van der Waals surface area contributed by atoms with Gasteiger partial charge in [0.25, 0.3) is 0 Å². The number of halogens is 1. The SMILES string of the molecule is COc1cc(Br)cc(/C=N/Nc2ccc(-n3ccnc3)cc2)c1O. The number of aromatic hydroxyl groups is 1. The van der Waals surface area contributed by atoms with Crippen molar-refractivity contribution in [1.82, 2.24) is 9.55 Å². The fraction of sp³-hybridized carbons (Fsp3) is 0.0588. The highest BCUT2D eigenvalue weighted by Gasteiger charge is 2.07. The van der Waals surface area contributed by atoms with Gasteiger partial charge in [0, 0.05) is 28.1 Å². The van der Waals surface area contributed by atoms with Gasteiger partial charge in [-0.1, -0.05) is 15.9 Å². The molecule has 0 amide bonds. The van der Waals surface area contributed by atoms with Gasteiger partial charge in [0.05, 0.1) is 25.3 Å². The fourth-order valence-electron chi connectivity index (χ4n) is 2.14. The average Bonchev–Trinajstić information content (AvgIpc) is 3.13. The molecule has 7 heteroatoms. The standard InChI is InChI=1S/C17H15BrN4O2/c1-24-16-9-13(18)8-12(17(16)23)10-20-21-14-2-4-15(5-3-14)22-7-6-19-11-22/h2-11,21,23H,1H3/b20-10+. The van der Waals surface area contributed by atoms with E-state index in [9.17, 15) is 5.11 Å². The van der Waals surface area contributed by atoms with Gasteiger partial charge in [-0.25, -0.2) is 4.98 Å². The zero-order valence-corrected chi connectivity index (χ0v) is 14.4. The Balaban J connectivity index is 1.72. The van der Waals surface area contributed by atoms with Crippen LogP contribution in [0, 0.1) is 0 Å². The summed E-state index contributed by atoms with van der Waals surface area (Å²) in [4.78, 5) is 4.02. The molecule has 0 saturated heterocycles. The van der Waals surface area contributed by atoms with Gasteiger partial charge in [-0.3, -0.25) is 5.43 Å². The summed E-state index contributed by atoms with van der Waals surface area (Å²) >= 11 is 3.37. The van der Waals surface area contributed by atoms with Crippen molar-refractivity contribution in [1.29, 1.82) is 0 Å². The lowest BCUT2D eigenvalue weighted by atomic mass is 10.2. The third kappa shape index (κ3) is 3.57. The van der Waals surface area contributed by atoms with Gasteiger partial charge in [-0.15, -0.1) is 0 Å². The monoisotopic (exact) mass is 386 g/mol. The number of rotatable bonds is 5. The minimum Gasteiger partial charge on any atom is -0.504 e. The molecule has 0 saturated carbocycles. The first-order chi connectivity index (χ1) is 11.7. The number of ether oxygens (including phenoxy) is 1. The maximum atomic E-state index is 10.1. The second-order valence-electron chi connectivity index (χ2n) is 4.93. The molecule has 0 radical (unpaired) electrons. The van der Waals surface area contributed by atoms with Crippen LogP contribution in [0.3, 0.4) is 0 Å². The third-order valence-corrected chi connectivity index (χ3v) is 3.81. The third-order valence-electron chi connectivity index (χ3n) is 3.36. The molecule has 0 aliphatic heterocycles. The summed E-state index contributed by atoms with van der Waals surface area (Å²) < 4.78 is 7.82. The van der Waals surface area contributed by atoms with Gasteiger partial charge in [0.1, 0.15) is 0 Å². The van der Waals surface area contributed by atoms with Crippen LogP contribution in [0.5, 0.6) is 11.5 Å². The van der Waals surface area contributed by atoms with E-state index < -0.39 is 0 Å². The Labute approximate surface area is 147 Å². The van der Waals surface area contributed by atoms with Gasteiger partial charge < -0.3 is 14.4 Å². The Bertz CT molecular complexity index is 846. The van der Waals surface area contributed by atoms with E-state index >= 15 is 0 Å². The van der Waals surface area contributed by atoms with Gasteiger partial charge in [-0.2, -0.15) is 5.10 Å². The average molecular weight is 387 g/mol. The first-order valence-electron chi connectivity index (χ1n) is 7.11. The predicted octanol–water partition coefficient (Wildman–Crippen LogP) is 3.80. The quantitative estimate of drug-likeness (QED) is 0.516. The predicted molar refractivity (Wildman–Crippen MR) is 97.1 cm³/mol. The van der Waals surface area contributed by atoms with Gasteiger partial charge >= 0.3 is 0 Å². The Morgan fingerprint density at radius 2 is 2.08 bits per heavy atom. The number of imidazole rings is 1. The van der Waals surface area contributed by atoms with Crippen molar-refractivity contribution in [2.45, 2.75) is 0 Å². The summed E-state index contributed by atoms with van der Waals surface area (Å²) in [5.41, 5.74) is 5.31. The summed E-state index contributed by atoms with van der Waals surface area (Å²) in [6.07, 6.45) is 6.88. The van der Waals surface area contributed by atoms with Crippen LogP contribution in [0.25, 0.3) is 5.69 Å². The maximum Gasteiger partial charge on any atom is 0.166 e. The molecule has 0 aliphatic rings.